The van der Waals surface area contributed by atoms with Crippen LogP contribution in [0.4, 0.5) is 0 Å². The van der Waals surface area contributed by atoms with Crippen LogP contribution in [0.5, 0.6) is 0 Å². The number of rotatable bonds is 2. The van der Waals surface area contributed by atoms with E-state index in [1.807, 2.05) is 48.6 Å². The van der Waals surface area contributed by atoms with Gasteiger partial charge in [-0.2, -0.15) is 0 Å². The zero-order valence-electron chi connectivity index (χ0n) is 9.90. The number of halogens is 2. The Bertz CT molecular complexity index is 727. The van der Waals surface area contributed by atoms with Crippen molar-refractivity contribution in [2.24, 2.45) is 0 Å². The Labute approximate surface area is 120 Å². The Morgan fingerprint density at radius 3 is 2.63 bits per heavy atom. The van der Waals surface area contributed by atoms with Crippen LogP contribution in [0.25, 0.3) is 23.2 Å². The van der Waals surface area contributed by atoms with Gasteiger partial charge in [0.05, 0.1) is 11.0 Å². The van der Waals surface area contributed by atoms with E-state index < -0.39 is 0 Å². The van der Waals surface area contributed by atoms with Crippen molar-refractivity contribution in [1.82, 2.24) is 9.97 Å². The summed E-state index contributed by atoms with van der Waals surface area (Å²) in [4.78, 5) is 7.69. The minimum Gasteiger partial charge on any atom is -0.338 e. The van der Waals surface area contributed by atoms with Crippen molar-refractivity contribution in [2.75, 3.05) is 0 Å². The lowest BCUT2D eigenvalue weighted by atomic mass is 10.2. The molecule has 0 aliphatic carbocycles. The molecule has 4 heteroatoms. The van der Waals surface area contributed by atoms with Crippen molar-refractivity contribution in [2.45, 2.75) is 0 Å². The predicted molar refractivity (Wildman–Crippen MR) is 81.5 cm³/mol. The number of aromatic amines is 1. The molecule has 0 bridgehead atoms. The van der Waals surface area contributed by atoms with Crippen LogP contribution in [0.1, 0.15) is 11.4 Å². The summed E-state index contributed by atoms with van der Waals surface area (Å²) in [5.74, 6) is 0.798. The van der Waals surface area contributed by atoms with Crippen LogP contribution >= 0.6 is 23.2 Å². The van der Waals surface area contributed by atoms with Gasteiger partial charge in [0.15, 0.2) is 0 Å². The zero-order chi connectivity index (χ0) is 13.2. The summed E-state index contributed by atoms with van der Waals surface area (Å²) >= 11 is 12.0. The molecule has 0 fully saturated rings. The molecule has 1 N–H and O–H groups in total. The molecule has 94 valence electrons. The van der Waals surface area contributed by atoms with Gasteiger partial charge in [-0.1, -0.05) is 41.4 Å². The lowest BCUT2D eigenvalue weighted by Gasteiger charge is -1.97. The monoisotopic (exact) mass is 288 g/mol. The molecule has 0 aliphatic rings. The van der Waals surface area contributed by atoms with Crippen LogP contribution in [-0.4, -0.2) is 9.97 Å². The largest absolute Gasteiger partial charge is 0.338 e. The number of hydrogen-bond donors (Lipinski definition) is 1. The highest BCUT2D eigenvalue weighted by Crippen LogP contribution is 2.22. The topological polar surface area (TPSA) is 28.7 Å². The molecule has 1 aromatic heterocycles. The van der Waals surface area contributed by atoms with Crippen LogP contribution in [0.2, 0.25) is 10.0 Å². The molecule has 0 saturated carbocycles. The van der Waals surface area contributed by atoms with E-state index in [1.165, 1.54) is 0 Å². The first-order chi connectivity index (χ1) is 9.22. The van der Waals surface area contributed by atoms with Gasteiger partial charge in [-0.25, -0.2) is 4.98 Å². The van der Waals surface area contributed by atoms with Gasteiger partial charge in [-0.05, 0) is 42.0 Å². The molecule has 2 aromatic carbocycles. The number of fused-ring (bicyclic) bond motifs is 1. The second-order valence-electron chi connectivity index (χ2n) is 4.14. The van der Waals surface area contributed by atoms with Crippen molar-refractivity contribution in [3.8, 4) is 0 Å². The highest BCUT2D eigenvalue weighted by atomic mass is 35.5. The second-order valence-corrected chi connectivity index (χ2v) is 4.98. The van der Waals surface area contributed by atoms with Gasteiger partial charge < -0.3 is 4.98 Å². The average molecular weight is 289 g/mol. The molecule has 0 unspecified atom stereocenters. The summed E-state index contributed by atoms with van der Waals surface area (Å²) in [6.45, 7) is 0. The van der Waals surface area contributed by atoms with Gasteiger partial charge in [0.2, 0.25) is 0 Å². The van der Waals surface area contributed by atoms with E-state index in [-0.39, 0.29) is 0 Å². The summed E-state index contributed by atoms with van der Waals surface area (Å²) in [6.07, 6.45) is 3.81. The number of nitrogens with zero attached hydrogens (tertiary/aromatic N) is 1. The van der Waals surface area contributed by atoms with Crippen LogP contribution in [0, 0.1) is 0 Å². The van der Waals surface area contributed by atoms with Gasteiger partial charge >= 0.3 is 0 Å². The molecule has 3 rings (SSSR count). The van der Waals surface area contributed by atoms with E-state index in [9.17, 15) is 0 Å². The third kappa shape index (κ3) is 2.65. The molecular formula is C15H10Cl2N2. The molecular weight excluding hydrogens is 279 g/mol. The molecule has 3 aromatic rings. The summed E-state index contributed by atoms with van der Waals surface area (Å²) in [5, 5.41) is 1.26. The summed E-state index contributed by atoms with van der Waals surface area (Å²) in [5.41, 5.74) is 2.88. The maximum atomic E-state index is 6.11. The van der Waals surface area contributed by atoms with Gasteiger partial charge in [0.1, 0.15) is 5.82 Å². The van der Waals surface area contributed by atoms with Crippen molar-refractivity contribution < 1.29 is 0 Å². The van der Waals surface area contributed by atoms with Crippen molar-refractivity contribution in [1.29, 1.82) is 0 Å². The summed E-state index contributed by atoms with van der Waals surface area (Å²) in [7, 11) is 0. The molecule has 0 spiro atoms. The Morgan fingerprint density at radius 2 is 1.84 bits per heavy atom. The number of imidazole rings is 1. The summed E-state index contributed by atoms with van der Waals surface area (Å²) in [6, 6.07) is 13.3. The van der Waals surface area contributed by atoms with Crippen LogP contribution in [0.15, 0.2) is 42.5 Å². The van der Waals surface area contributed by atoms with E-state index in [4.69, 9.17) is 23.2 Å². The lowest BCUT2D eigenvalue weighted by Crippen LogP contribution is -1.77. The zero-order valence-corrected chi connectivity index (χ0v) is 11.4. The van der Waals surface area contributed by atoms with Crippen molar-refractivity contribution >= 4 is 46.4 Å². The molecule has 0 aliphatic heterocycles. The summed E-state index contributed by atoms with van der Waals surface area (Å²) < 4.78 is 0. The number of H-pyrrole nitrogens is 1. The Hall–Kier alpha value is -1.77. The smallest absolute Gasteiger partial charge is 0.131 e. The Morgan fingerprint density at radius 1 is 1.00 bits per heavy atom. The van der Waals surface area contributed by atoms with Gasteiger partial charge in [-0.3, -0.25) is 0 Å². The molecule has 0 amide bonds. The van der Waals surface area contributed by atoms with Crippen LogP contribution < -0.4 is 0 Å². The number of aromatic nitrogens is 2. The van der Waals surface area contributed by atoms with E-state index in [1.54, 1.807) is 6.07 Å². The van der Waals surface area contributed by atoms with Gasteiger partial charge in [-0.15, -0.1) is 0 Å². The molecule has 2 nitrogen and oxygen atoms in total. The van der Waals surface area contributed by atoms with E-state index in [0.29, 0.717) is 10.0 Å². The third-order valence-corrected chi connectivity index (χ3v) is 3.35. The predicted octanol–water partition coefficient (Wildman–Crippen LogP) is 5.04. The first-order valence-corrected chi connectivity index (χ1v) is 6.56. The minimum absolute atomic E-state index is 0.625. The lowest BCUT2D eigenvalue weighted by molar-refractivity contribution is 1.29. The molecule has 0 saturated heterocycles. The average Bonchev–Trinajstić information content (AvgIpc) is 2.80. The molecule has 1 heterocycles. The van der Waals surface area contributed by atoms with E-state index in [2.05, 4.69) is 9.97 Å². The Balaban J connectivity index is 1.93. The van der Waals surface area contributed by atoms with Gasteiger partial charge in [0.25, 0.3) is 0 Å². The standard InChI is InChI=1S/C15H10Cl2N2/c16-11-7-5-10(12(17)9-11)6-8-15-18-13-3-1-2-4-14(13)19-15/h1-9H,(H,18,19)/b8-6+. The molecule has 0 radical (unpaired) electrons. The fraction of sp³-hybridized carbons (Fsp3) is 0. The van der Waals surface area contributed by atoms with Gasteiger partial charge in [0, 0.05) is 10.0 Å². The molecule has 0 atom stereocenters. The minimum atomic E-state index is 0.625. The highest BCUT2D eigenvalue weighted by molar-refractivity contribution is 6.35. The van der Waals surface area contributed by atoms with Crippen LogP contribution in [-0.2, 0) is 0 Å². The van der Waals surface area contributed by atoms with Crippen molar-refractivity contribution in [3.05, 3.63) is 63.9 Å². The molecule has 19 heavy (non-hydrogen) atoms. The van der Waals surface area contributed by atoms with E-state index >= 15 is 0 Å². The van der Waals surface area contributed by atoms with Crippen LogP contribution in [0.3, 0.4) is 0 Å². The third-order valence-electron chi connectivity index (χ3n) is 2.79. The number of hydrogen-bond acceptors (Lipinski definition) is 1. The second kappa shape index (κ2) is 5.08. The highest BCUT2D eigenvalue weighted by Gasteiger charge is 2.00. The SMILES string of the molecule is Clc1ccc(/C=C/c2nc3ccccc3[nH]2)c(Cl)c1. The fourth-order valence-electron chi connectivity index (χ4n) is 1.86. The number of benzene rings is 2. The first kappa shape index (κ1) is 12.3. The maximum Gasteiger partial charge on any atom is 0.131 e. The number of para-hydroxylation sites is 2. The van der Waals surface area contributed by atoms with E-state index in [0.717, 1.165) is 22.4 Å². The Kier molecular flexibility index (Phi) is 3.28. The fourth-order valence-corrected chi connectivity index (χ4v) is 2.33. The number of nitrogens with one attached hydrogen (secondary N) is 1. The van der Waals surface area contributed by atoms with Crippen molar-refractivity contribution in [3.63, 3.8) is 0 Å². The quantitative estimate of drug-likeness (QED) is 0.703. The normalized spacial score (nSPS) is 11.5. The maximum absolute atomic E-state index is 6.11. The first-order valence-electron chi connectivity index (χ1n) is 5.80.